The topological polar surface area (TPSA) is 72.6 Å². The zero-order chi connectivity index (χ0) is 24.6. The molecule has 4 rings (SSSR count). The summed E-state index contributed by atoms with van der Waals surface area (Å²) in [6.07, 6.45) is 1.76. The van der Waals surface area contributed by atoms with Gasteiger partial charge in [-0.2, -0.15) is 5.26 Å². The van der Waals surface area contributed by atoms with Gasteiger partial charge >= 0.3 is 0 Å². The first-order valence-corrected chi connectivity index (χ1v) is 12.1. The minimum absolute atomic E-state index is 0.0634. The van der Waals surface area contributed by atoms with Crippen LogP contribution in [-0.2, 0) is 11.8 Å². The standard InChI is InChI=1S/C24H24FN5O2S2/c1-4-30-23(32)20(34-24(30)33)13-18-15(2)19(14-26)22(31)27(3)21(18)29-11-9-28(10-12-29)17-7-5-16(25)6-8-17/h5-8,13H,4,9-12H2,1-3H3/b20-13-. The van der Waals surface area contributed by atoms with Crippen molar-refractivity contribution in [1.29, 1.82) is 5.26 Å². The number of benzene rings is 1. The van der Waals surface area contributed by atoms with Gasteiger partial charge in [0.15, 0.2) is 0 Å². The number of hydrogen-bond acceptors (Lipinski definition) is 7. The molecule has 1 amide bonds. The van der Waals surface area contributed by atoms with Crippen LogP contribution in [0.2, 0.25) is 0 Å². The van der Waals surface area contributed by atoms with Crippen LogP contribution in [0.4, 0.5) is 15.9 Å². The fourth-order valence-corrected chi connectivity index (χ4v) is 5.69. The molecular weight excluding hydrogens is 473 g/mol. The van der Waals surface area contributed by atoms with Crippen molar-refractivity contribution in [1.82, 2.24) is 9.47 Å². The van der Waals surface area contributed by atoms with Gasteiger partial charge in [0, 0.05) is 51.0 Å². The second-order valence-corrected chi connectivity index (χ2v) is 9.77. The highest BCUT2D eigenvalue weighted by Crippen LogP contribution is 2.35. The molecule has 1 aromatic carbocycles. The first-order valence-electron chi connectivity index (χ1n) is 10.9. The summed E-state index contributed by atoms with van der Waals surface area (Å²) in [6, 6.07) is 8.43. The van der Waals surface area contributed by atoms with Gasteiger partial charge in [-0.3, -0.25) is 19.1 Å². The summed E-state index contributed by atoms with van der Waals surface area (Å²) in [5.41, 5.74) is 1.85. The Balaban J connectivity index is 1.73. The number of aromatic nitrogens is 1. The lowest BCUT2D eigenvalue weighted by atomic mass is 10.0. The number of likely N-dealkylation sites (N-methyl/N-ethyl adjacent to an activating group) is 1. The predicted octanol–water partition coefficient (Wildman–Crippen LogP) is 3.25. The van der Waals surface area contributed by atoms with Gasteiger partial charge in [-0.15, -0.1) is 0 Å². The number of hydrogen-bond donors (Lipinski definition) is 0. The van der Waals surface area contributed by atoms with Crippen molar-refractivity contribution in [2.45, 2.75) is 13.8 Å². The predicted molar refractivity (Wildman–Crippen MR) is 138 cm³/mol. The van der Waals surface area contributed by atoms with Crippen LogP contribution in [-0.4, -0.2) is 52.4 Å². The Morgan fingerprint density at radius 2 is 1.76 bits per heavy atom. The summed E-state index contributed by atoms with van der Waals surface area (Å²) in [5.74, 6) is 0.224. The molecule has 2 aliphatic heterocycles. The average Bonchev–Trinajstić information content (AvgIpc) is 3.10. The summed E-state index contributed by atoms with van der Waals surface area (Å²) in [4.78, 5) is 32.1. The smallest absolute Gasteiger partial charge is 0.270 e. The number of nitriles is 1. The minimum atomic E-state index is -0.366. The average molecular weight is 498 g/mol. The Bertz CT molecular complexity index is 1290. The fourth-order valence-electron chi connectivity index (χ4n) is 4.33. The summed E-state index contributed by atoms with van der Waals surface area (Å²) in [6.45, 7) is 6.68. The number of thioether (sulfide) groups is 1. The zero-order valence-corrected chi connectivity index (χ0v) is 20.8. The first-order chi connectivity index (χ1) is 16.3. The van der Waals surface area contributed by atoms with Crippen LogP contribution >= 0.6 is 24.0 Å². The van der Waals surface area contributed by atoms with E-state index in [4.69, 9.17) is 12.2 Å². The SMILES string of the molecule is CCN1C(=O)/C(=C/c2c(C)c(C#N)c(=O)n(C)c2N2CCN(c3ccc(F)cc3)CC2)SC1=S. The lowest BCUT2D eigenvalue weighted by Gasteiger charge is -2.38. The number of amides is 1. The third kappa shape index (κ3) is 4.21. The Kier molecular flexibility index (Phi) is 6.77. The Labute approximate surface area is 207 Å². The van der Waals surface area contributed by atoms with Crippen LogP contribution in [0.5, 0.6) is 0 Å². The monoisotopic (exact) mass is 497 g/mol. The van der Waals surface area contributed by atoms with Gasteiger partial charge in [0.1, 0.15) is 27.6 Å². The van der Waals surface area contributed by atoms with E-state index < -0.39 is 0 Å². The Morgan fingerprint density at radius 1 is 1.15 bits per heavy atom. The van der Waals surface area contributed by atoms with Crippen LogP contribution in [0.3, 0.4) is 0 Å². The number of rotatable bonds is 4. The Hall–Kier alpha value is -3.16. The van der Waals surface area contributed by atoms with Crippen LogP contribution < -0.4 is 15.4 Å². The third-order valence-electron chi connectivity index (χ3n) is 6.20. The van der Waals surface area contributed by atoms with Crippen LogP contribution in [0.25, 0.3) is 6.08 Å². The molecule has 0 spiro atoms. The molecular formula is C24H24FN5O2S2. The zero-order valence-electron chi connectivity index (χ0n) is 19.2. The highest BCUT2D eigenvalue weighted by Gasteiger charge is 2.32. The van der Waals surface area contributed by atoms with Gasteiger partial charge < -0.3 is 9.80 Å². The second-order valence-electron chi connectivity index (χ2n) is 8.09. The molecule has 0 N–H and O–H groups in total. The summed E-state index contributed by atoms with van der Waals surface area (Å²) >= 11 is 6.57. The van der Waals surface area contributed by atoms with E-state index in [1.165, 1.54) is 33.4 Å². The van der Waals surface area contributed by atoms with E-state index in [0.29, 0.717) is 58.9 Å². The number of anilines is 2. The maximum Gasteiger partial charge on any atom is 0.270 e. The molecule has 2 aromatic rings. The molecule has 0 saturated carbocycles. The van der Waals surface area contributed by atoms with Crippen molar-refractivity contribution >= 4 is 51.8 Å². The highest BCUT2D eigenvalue weighted by atomic mass is 32.2. The van der Waals surface area contributed by atoms with Gasteiger partial charge in [-0.25, -0.2) is 4.39 Å². The van der Waals surface area contributed by atoms with Crippen molar-refractivity contribution in [3.63, 3.8) is 0 Å². The molecule has 10 heteroatoms. The van der Waals surface area contributed by atoms with E-state index in [0.717, 1.165) is 5.69 Å². The molecule has 7 nitrogen and oxygen atoms in total. The van der Waals surface area contributed by atoms with Crippen LogP contribution in [0.15, 0.2) is 34.0 Å². The van der Waals surface area contributed by atoms with Crippen molar-refractivity contribution in [2.75, 3.05) is 42.5 Å². The largest absolute Gasteiger partial charge is 0.368 e. The van der Waals surface area contributed by atoms with Gasteiger partial charge in [0.25, 0.3) is 11.5 Å². The van der Waals surface area contributed by atoms with Gasteiger partial charge in [-0.1, -0.05) is 24.0 Å². The molecule has 2 saturated heterocycles. The van der Waals surface area contributed by atoms with E-state index in [2.05, 4.69) is 9.80 Å². The number of thiocarbonyl (C=S) groups is 1. The third-order valence-corrected chi connectivity index (χ3v) is 7.58. The number of piperazine rings is 1. The molecule has 0 aliphatic carbocycles. The van der Waals surface area contributed by atoms with Crippen LogP contribution in [0, 0.1) is 24.1 Å². The molecule has 3 heterocycles. The molecule has 0 atom stereocenters. The van der Waals surface area contributed by atoms with E-state index >= 15 is 0 Å². The van der Waals surface area contributed by atoms with Crippen molar-refractivity contribution in [2.24, 2.45) is 7.05 Å². The molecule has 176 valence electrons. The second kappa shape index (κ2) is 9.60. The maximum atomic E-state index is 13.3. The molecule has 1 aromatic heterocycles. The molecule has 2 aliphatic rings. The number of carbonyl (C=O) groups is 1. The van der Waals surface area contributed by atoms with E-state index in [1.807, 2.05) is 13.0 Å². The number of halogens is 1. The van der Waals surface area contributed by atoms with E-state index in [-0.39, 0.29) is 22.8 Å². The van der Waals surface area contributed by atoms with E-state index in [9.17, 15) is 19.2 Å². The van der Waals surface area contributed by atoms with Crippen molar-refractivity contribution in [3.8, 4) is 6.07 Å². The quantitative estimate of drug-likeness (QED) is 0.474. The normalized spacial score (nSPS) is 17.6. The lowest BCUT2D eigenvalue weighted by molar-refractivity contribution is -0.121. The number of nitrogens with zero attached hydrogens (tertiary/aromatic N) is 5. The molecule has 0 unspecified atom stereocenters. The first kappa shape index (κ1) is 24.0. The summed E-state index contributed by atoms with van der Waals surface area (Å²) in [5, 5.41) is 9.63. The fraction of sp³-hybridized carbons (Fsp3) is 0.333. The number of pyridine rings is 1. The summed E-state index contributed by atoms with van der Waals surface area (Å²) in [7, 11) is 1.65. The van der Waals surface area contributed by atoms with Gasteiger partial charge in [-0.05, 0) is 49.8 Å². The van der Waals surface area contributed by atoms with Crippen molar-refractivity contribution in [3.05, 3.63) is 62.0 Å². The molecule has 34 heavy (non-hydrogen) atoms. The number of carbonyl (C=O) groups excluding carboxylic acids is 1. The van der Waals surface area contributed by atoms with Crippen LogP contribution in [0.1, 0.15) is 23.6 Å². The van der Waals surface area contributed by atoms with Gasteiger partial charge in [0.05, 0.1) is 4.91 Å². The minimum Gasteiger partial charge on any atom is -0.368 e. The maximum absolute atomic E-state index is 13.3. The molecule has 0 bridgehead atoms. The van der Waals surface area contributed by atoms with Crippen molar-refractivity contribution < 1.29 is 9.18 Å². The lowest BCUT2D eigenvalue weighted by Crippen LogP contribution is -2.48. The van der Waals surface area contributed by atoms with E-state index in [1.54, 1.807) is 32.2 Å². The summed E-state index contributed by atoms with van der Waals surface area (Å²) < 4.78 is 15.3. The van der Waals surface area contributed by atoms with Gasteiger partial charge in [0.2, 0.25) is 0 Å². The Morgan fingerprint density at radius 3 is 2.32 bits per heavy atom. The highest BCUT2D eigenvalue weighted by molar-refractivity contribution is 8.26. The molecule has 0 radical (unpaired) electrons. The molecule has 2 fully saturated rings.